The van der Waals surface area contributed by atoms with E-state index in [4.69, 9.17) is 7.16 Å². The second-order valence-electron chi connectivity index (χ2n) is 9.73. The summed E-state index contributed by atoms with van der Waals surface area (Å²) in [4.78, 5) is 0. The van der Waals surface area contributed by atoms with Crippen molar-refractivity contribution in [3.8, 4) is 33.4 Å². The van der Waals surface area contributed by atoms with Gasteiger partial charge in [0.2, 0.25) is 0 Å². The fourth-order valence-electron chi connectivity index (χ4n) is 5.86. The van der Waals surface area contributed by atoms with Gasteiger partial charge in [0.25, 0.3) is 0 Å². The standard InChI is InChI=1S/C38H24O/c1-2-11-25(12-3-1)26-21-23-27(24-22-26)36-28-13-4-6-15-30(28)37(31-16-7-5-14-29(31)36)33-18-10-20-35-38(33)32-17-8-9-19-34(32)39-35/h1-24H/i21D,22D,23D,24D. The highest BCUT2D eigenvalue weighted by molar-refractivity contribution is 6.25. The molecule has 8 rings (SSSR count). The van der Waals surface area contributed by atoms with Crippen LogP contribution in [0.1, 0.15) is 5.48 Å². The van der Waals surface area contributed by atoms with Crippen molar-refractivity contribution in [2.45, 2.75) is 0 Å². The smallest absolute Gasteiger partial charge is 0.136 e. The minimum atomic E-state index is -0.0501. The van der Waals surface area contributed by atoms with E-state index in [2.05, 4.69) is 24.3 Å². The van der Waals surface area contributed by atoms with E-state index < -0.39 is 0 Å². The molecule has 1 heteroatoms. The van der Waals surface area contributed by atoms with E-state index >= 15 is 0 Å². The Kier molecular flexibility index (Phi) is 4.06. The predicted octanol–water partition coefficient (Wildman–Crippen LogP) is 10.9. The van der Waals surface area contributed by atoms with Gasteiger partial charge in [-0.15, -0.1) is 0 Å². The number of furan rings is 1. The summed E-state index contributed by atoms with van der Waals surface area (Å²) in [6.07, 6.45) is 0. The molecule has 0 atom stereocenters. The minimum absolute atomic E-state index is 0.0472. The van der Waals surface area contributed by atoms with Crippen LogP contribution in [-0.4, -0.2) is 0 Å². The first-order valence-electron chi connectivity index (χ1n) is 15.0. The lowest BCUT2D eigenvalue weighted by Crippen LogP contribution is -1.91. The summed E-state index contributed by atoms with van der Waals surface area (Å²) in [7, 11) is 0. The third-order valence-corrected chi connectivity index (χ3v) is 7.54. The maximum absolute atomic E-state index is 9.20. The molecule has 1 heterocycles. The van der Waals surface area contributed by atoms with E-state index in [9.17, 15) is 2.74 Å². The molecule has 0 bridgehead atoms. The molecule has 0 radical (unpaired) electrons. The first-order valence-corrected chi connectivity index (χ1v) is 13.0. The number of benzene rings is 7. The Morgan fingerprint density at radius 1 is 0.385 bits per heavy atom. The summed E-state index contributed by atoms with van der Waals surface area (Å²) in [5, 5.41) is 5.76. The van der Waals surface area contributed by atoms with E-state index in [-0.39, 0.29) is 24.2 Å². The van der Waals surface area contributed by atoms with Crippen LogP contribution in [-0.2, 0) is 0 Å². The van der Waals surface area contributed by atoms with Crippen molar-refractivity contribution in [2.75, 3.05) is 0 Å². The van der Waals surface area contributed by atoms with Gasteiger partial charge < -0.3 is 4.42 Å². The lowest BCUT2D eigenvalue weighted by Gasteiger charge is -2.18. The molecule has 1 nitrogen and oxygen atoms in total. The van der Waals surface area contributed by atoms with Crippen LogP contribution in [0.4, 0.5) is 0 Å². The van der Waals surface area contributed by atoms with Gasteiger partial charge >= 0.3 is 0 Å². The second kappa shape index (κ2) is 8.72. The fraction of sp³-hybridized carbons (Fsp3) is 0. The van der Waals surface area contributed by atoms with Crippen LogP contribution in [0.5, 0.6) is 0 Å². The van der Waals surface area contributed by atoms with Crippen molar-refractivity contribution in [1.82, 2.24) is 0 Å². The van der Waals surface area contributed by atoms with Crippen LogP contribution < -0.4 is 0 Å². The summed E-state index contributed by atoms with van der Waals surface area (Å²) in [6, 6.07) is 39.4. The normalized spacial score (nSPS) is 13.0. The zero-order valence-electron chi connectivity index (χ0n) is 25.0. The SMILES string of the molecule is [2H]c1c([2H])c(-c2c3ccccc3c(-c3cccc4oc5ccccc5c34)c3ccccc23)c([2H])c([2H])c1-c1ccccc1. The van der Waals surface area contributed by atoms with Crippen LogP contribution in [0.15, 0.2) is 150 Å². The molecule has 0 saturated carbocycles. The molecule has 8 aromatic rings. The largest absolute Gasteiger partial charge is 0.456 e. The van der Waals surface area contributed by atoms with E-state index in [1.54, 1.807) is 0 Å². The van der Waals surface area contributed by atoms with Crippen LogP contribution >= 0.6 is 0 Å². The van der Waals surface area contributed by atoms with Gasteiger partial charge in [-0.1, -0.05) is 133 Å². The van der Waals surface area contributed by atoms with E-state index in [0.29, 0.717) is 22.3 Å². The van der Waals surface area contributed by atoms with Crippen molar-refractivity contribution < 1.29 is 9.90 Å². The first-order chi connectivity index (χ1) is 21.0. The molecule has 0 aliphatic heterocycles. The Labute approximate surface area is 232 Å². The fourth-order valence-corrected chi connectivity index (χ4v) is 5.86. The maximum Gasteiger partial charge on any atom is 0.136 e. The predicted molar refractivity (Wildman–Crippen MR) is 165 cm³/mol. The molecular weight excluding hydrogens is 472 g/mol. The van der Waals surface area contributed by atoms with E-state index in [1.165, 1.54) is 0 Å². The van der Waals surface area contributed by atoms with E-state index in [0.717, 1.165) is 54.6 Å². The van der Waals surface area contributed by atoms with Gasteiger partial charge in [-0.25, -0.2) is 0 Å². The average Bonchev–Trinajstić information content (AvgIpc) is 3.43. The Morgan fingerprint density at radius 2 is 0.897 bits per heavy atom. The minimum Gasteiger partial charge on any atom is -0.456 e. The molecule has 7 aromatic carbocycles. The third-order valence-electron chi connectivity index (χ3n) is 7.54. The van der Waals surface area contributed by atoms with Crippen molar-refractivity contribution in [3.05, 3.63) is 145 Å². The number of fused-ring (bicyclic) bond motifs is 5. The Morgan fingerprint density at radius 3 is 1.56 bits per heavy atom. The Balaban J connectivity index is 1.52. The highest BCUT2D eigenvalue weighted by Crippen LogP contribution is 2.46. The molecule has 0 saturated heterocycles. The van der Waals surface area contributed by atoms with Crippen LogP contribution in [0.2, 0.25) is 0 Å². The molecular formula is C38H24O. The van der Waals surface area contributed by atoms with Crippen LogP contribution in [0.25, 0.3) is 76.9 Å². The molecule has 0 aliphatic carbocycles. The molecule has 0 spiro atoms. The van der Waals surface area contributed by atoms with Gasteiger partial charge in [-0.3, -0.25) is 0 Å². The quantitative estimate of drug-likeness (QED) is 0.220. The molecule has 0 fully saturated rings. The van der Waals surface area contributed by atoms with Crippen LogP contribution in [0, 0.1) is 0 Å². The number of hydrogen-bond donors (Lipinski definition) is 0. The monoisotopic (exact) mass is 500 g/mol. The van der Waals surface area contributed by atoms with E-state index in [1.807, 2.05) is 97.1 Å². The summed E-state index contributed by atoms with van der Waals surface area (Å²) < 4.78 is 42.7. The van der Waals surface area contributed by atoms with Crippen molar-refractivity contribution in [3.63, 3.8) is 0 Å². The molecule has 0 unspecified atom stereocenters. The van der Waals surface area contributed by atoms with Gasteiger partial charge in [0.05, 0.1) is 5.48 Å². The molecule has 39 heavy (non-hydrogen) atoms. The van der Waals surface area contributed by atoms with Gasteiger partial charge in [-0.2, -0.15) is 0 Å². The summed E-state index contributed by atoms with van der Waals surface area (Å²) in [6.45, 7) is 0. The summed E-state index contributed by atoms with van der Waals surface area (Å²) in [5.41, 5.74) is 5.71. The van der Waals surface area contributed by atoms with Crippen molar-refractivity contribution >= 4 is 43.5 Å². The Hall–Kier alpha value is -5.14. The number of rotatable bonds is 3. The summed E-state index contributed by atoms with van der Waals surface area (Å²) >= 11 is 0. The zero-order valence-corrected chi connectivity index (χ0v) is 21.0. The molecule has 1 aromatic heterocycles. The second-order valence-corrected chi connectivity index (χ2v) is 9.73. The number of hydrogen-bond acceptors (Lipinski definition) is 1. The van der Waals surface area contributed by atoms with Gasteiger partial charge in [-0.05, 0) is 67.1 Å². The van der Waals surface area contributed by atoms with Crippen molar-refractivity contribution in [1.29, 1.82) is 0 Å². The summed E-state index contributed by atoms with van der Waals surface area (Å²) in [5.74, 6) is 0. The topological polar surface area (TPSA) is 13.1 Å². The van der Waals surface area contributed by atoms with Gasteiger partial charge in [0.15, 0.2) is 0 Å². The zero-order chi connectivity index (χ0) is 29.2. The molecule has 0 amide bonds. The lowest BCUT2D eigenvalue weighted by atomic mass is 9.84. The van der Waals surface area contributed by atoms with Crippen molar-refractivity contribution in [2.24, 2.45) is 0 Å². The lowest BCUT2D eigenvalue weighted by molar-refractivity contribution is 0.669. The first kappa shape index (κ1) is 18.2. The molecule has 0 aliphatic rings. The third kappa shape index (κ3) is 3.41. The van der Waals surface area contributed by atoms with Gasteiger partial charge in [0.1, 0.15) is 11.2 Å². The van der Waals surface area contributed by atoms with Crippen LogP contribution in [0.3, 0.4) is 0 Å². The molecule has 182 valence electrons. The number of para-hydroxylation sites is 1. The highest BCUT2D eigenvalue weighted by Gasteiger charge is 2.19. The van der Waals surface area contributed by atoms with Gasteiger partial charge in [0, 0.05) is 10.8 Å². The Bertz CT molecular complexity index is 2300. The maximum atomic E-state index is 9.20. The molecule has 0 N–H and O–H groups in total. The highest BCUT2D eigenvalue weighted by atomic mass is 16.3. The average molecular weight is 501 g/mol.